The molecule has 3 aliphatic rings. The Morgan fingerprint density at radius 1 is 1.00 bits per heavy atom. The van der Waals surface area contributed by atoms with Gasteiger partial charge in [-0.2, -0.15) is 0 Å². The third-order valence-electron chi connectivity index (χ3n) is 6.69. The molecule has 7 nitrogen and oxygen atoms in total. The highest BCUT2D eigenvalue weighted by Crippen LogP contribution is 2.35. The standard InChI is InChI=1S/C27H32N4O3/c1-27(2,3)30-26(33)29-21-10-5-4-8-19(21)20-9-6-7-18-15-23(34-24(18)20)25(32)28-22-16-31-13-11-17(22)12-14-31/h4-10,15,17,22H,11-14,16H2,1-3H3,(H,28,32)(H2,29,30,33). The van der Waals surface area contributed by atoms with Crippen LogP contribution in [0.25, 0.3) is 22.1 Å². The molecule has 1 unspecified atom stereocenters. The van der Waals surface area contributed by atoms with E-state index >= 15 is 0 Å². The Morgan fingerprint density at radius 3 is 2.44 bits per heavy atom. The second-order valence-electron chi connectivity index (χ2n) is 10.4. The van der Waals surface area contributed by atoms with Crippen LogP contribution in [0, 0.1) is 5.92 Å². The van der Waals surface area contributed by atoms with E-state index < -0.39 is 0 Å². The maximum atomic E-state index is 13.1. The van der Waals surface area contributed by atoms with E-state index in [1.807, 2.05) is 63.2 Å². The van der Waals surface area contributed by atoms with Gasteiger partial charge in [-0.3, -0.25) is 4.79 Å². The Labute approximate surface area is 199 Å². The number of hydrogen-bond donors (Lipinski definition) is 3. The average Bonchev–Trinajstić information content (AvgIpc) is 3.24. The summed E-state index contributed by atoms with van der Waals surface area (Å²) in [6.45, 7) is 8.98. The summed E-state index contributed by atoms with van der Waals surface area (Å²) in [6.07, 6.45) is 2.28. The van der Waals surface area contributed by atoms with Crippen molar-refractivity contribution in [2.24, 2.45) is 5.92 Å². The van der Waals surface area contributed by atoms with Crippen LogP contribution in [-0.4, -0.2) is 48.1 Å². The molecule has 3 amide bonds. The Hall–Kier alpha value is -3.32. The van der Waals surface area contributed by atoms with Gasteiger partial charge in [-0.15, -0.1) is 0 Å². The highest BCUT2D eigenvalue weighted by molar-refractivity contribution is 6.03. The van der Waals surface area contributed by atoms with E-state index in [4.69, 9.17) is 4.42 Å². The zero-order chi connectivity index (χ0) is 23.9. The van der Waals surface area contributed by atoms with Crippen LogP contribution in [0.4, 0.5) is 10.5 Å². The van der Waals surface area contributed by atoms with Crippen molar-refractivity contribution in [2.75, 3.05) is 25.0 Å². The van der Waals surface area contributed by atoms with Crippen LogP contribution in [-0.2, 0) is 0 Å². The van der Waals surface area contributed by atoms with Crippen molar-refractivity contribution in [3.63, 3.8) is 0 Å². The molecule has 178 valence electrons. The molecule has 3 saturated heterocycles. The molecule has 3 fully saturated rings. The van der Waals surface area contributed by atoms with Gasteiger partial charge in [0.2, 0.25) is 0 Å². The van der Waals surface area contributed by atoms with E-state index in [1.165, 1.54) is 0 Å². The highest BCUT2D eigenvalue weighted by atomic mass is 16.3. The van der Waals surface area contributed by atoms with Gasteiger partial charge in [0, 0.05) is 34.6 Å². The smallest absolute Gasteiger partial charge is 0.319 e. The second-order valence-corrected chi connectivity index (χ2v) is 10.4. The molecule has 3 N–H and O–H groups in total. The van der Waals surface area contributed by atoms with Crippen molar-refractivity contribution < 1.29 is 14.0 Å². The topological polar surface area (TPSA) is 86.6 Å². The third kappa shape index (κ3) is 4.66. The fourth-order valence-electron chi connectivity index (χ4n) is 5.08. The molecule has 3 aromatic rings. The van der Waals surface area contributed by atoms with Crippen molar-refractivity contribution in [1.82, 2.24) is 15.5 Å². The van der Waals surface area contributed by atoms with E-state index in [0.717, 1.165) is 49.0 Å². The maximum Gasteiger partial charge on any atom is 0.319 e. The van der Waals surface area contributed by atoms with Crippen LogP contribution >= 0.6 is 0 Å². The van der Waals surface area contributed by atoms with Gasteiger partial charge in [0.05, 0.1) is 5.69 Å². The molecular weight excluding hydrogens is 428 g/mol. The normalized spacial score (nSPS) is 21.9. The Bertz CT molecular complexity index is 1220. The number of nitrogens with one attached hydrogen (secondary N) is 3. The summed E-state index contributed by atoms with van der Waals surface area (Å²) in [5.74, 6) is 0.692. The average molecular weight is 461 g/mol. The number of para-hydroxylation sites is 2. The largest absolute Gasteiger partial charge is 0.450 e. The number of benzene rings is 2. The zero-order valence-electron chi connectivity index (χ0n) is 20.0. The predicted molar refractivity (Wildman–Crippen MR) is 134 cm³/mol. The molecule has 1 aromatic heterocycles. The SMILES string of the molecule is CC(C)(C)NC(=O)Nc1ccccc1-c1cccc2cc(C(=O)NC3CN4CCC3CC4)oc12. The summed E-state index contributed by atoms with van der Waals surface area (Å²) >= 11 is 0. The number of piperidine rings is 3. The summed E-state index contributed by atoms with van der Waals surface area (Å²) in [5.41, 5.74) is 2.61. The lowest BCUT2D eigenvalue weighted by Gasteiger charge is -2.44. The van der Waals surface area contributed by atoms with Crippen LogP contribution < -0.4 is 16.0 Å². The molecule has 34 heavy (non-hydrogen) atoms. The number of anilines is 1. The molecule has 2 bridgehead atoms. The minimum absolute atomic E-state index is 0.170. The van der Waals surface area contributed by atoms with Crippen molar-refractivity contribution in [2.45, 2.75) is 45.2 Å². The Morgan fingerprint density at radius 2 is 1.74 bits per heavy atom. The van der Waals surface area contributed by atoms with E-state index in [9.17, 15) is 9.59 Å². The summed E-state index contributed by atoms with van der Waals surface area (Å²) in [5, 5.41) is 9.94. The number of carbonyl (C=O) groups excluding carboxylic acids is 2. The number of nitrogens with zero attached hydrogens (tertiary/aromatic N) is 1. The molecule has 0 radical (unpaired) electrons. The number of furan rings is 1. The van der Waals surface area contributed by atoms with Gasteiger partial charge < -0.3 is 25.3 Å². The first-order valence-corrected chi connectivity index (χ1v) is 12.0. The molecule has 6 rings (SSSR count). The summed E-state index contributed by atoms with van der Waals surface area (Å²) in [6, 6.07) is 15.1. The molecule has 4 heterocycles. The number of urea groups is 1. The van der Waals surface area contributed by atoms with Crippen molar-refractivity contribution in [1.29, 1.82) is 0 Å². The second kappa shape index (κ2) is 8.80. The molecule has 3 aliphatic heterocycles. The fraction of sp³-hybridized carbons (Fsp3) is 0.407. The first-order chi connectivity index (χ1) is 16.3. The maximum absolute atomic E-state index is 13.1. The van der Waals surface area contributed by atoms with Gasteiger partial charge in [0.15, 0.2) is 5.76 Å². The molecule has 0 saturated carbocycles. The predicted octanol–water partition coefficient (Wildman–Crippen LogP) is 4.84. The number of fused-ring (bicyclic) bond motifs is 4. The van der Waals surface area contributed by atoms with Gasteiger partial charge in [0.1, 0.15) is 5.58 Å². The van der Waals surface area contributed by atoms with Crippen LogP contribution in [0.15, 0.2) is 52.9 Å². The van der Waals surface area contributed by atoms with E-state index in [2.05, 4.69) is 20.9 Å². The Kier molecular flexibility index (Phi) is 5.81. The number of amides is 3. The van der Waals surface area contributed by atoms with Crippen LogP contribution in [0.5, 0.6) is 0 Å². The fourth-order valence-corrected chi connectivity index (χ4v) is 5.08. The molecule has 7 heteroatoms. The third-order valence-corrected chi connectivity index (χ3v) is 6.69. The summed E-state index contributed by atoms with van der Waals surface area (Å²) in [7, 11) is 0. The van der Waals surface area contributed by atoms with E-state index in [1.54, 1.807) is 6.07 Å². The Balaban J connectivity index is 1.41. The quantitative estimate of drug-likeness (QED) is 0.520. The lowest BCUT2D eigenvalue weighted by Crippen LogP contribution is -2.57. The summed E-state index contributed by atoms with van der Waals surface area (Å²) < 4.78 is 6.12. The first kappa shape index (κ1) is 22.5. The molecule has 2 aromatic carbocycles. The van der Waals surface area contributed by atoms with Gasteiger partial charge in [-0.05, 0) is 64.8 Å². The monoisotopic (exact) mass is 460 g/mol. The molecule has 1 atom stereocenters. The zero-order valence-corrected chi connectivity index (χ0v) is 20.0. The first-order valence-electron chi connectivity index (χ1n) is 12.0. The number of rotatable bonds is 4. The van der Waals surface area contributed by atoms with E-state index in [0.29, 0.717) is 22.9 Å². The van der Waals surface area contributed by atoms with Gasteiger partial charge in [-0.1, -0.05) is 36.4 Å². The molecule has 0 aliphatic carbocycles. The minimum Gasteiger partial charge on any atom is -0.450 e. The summed E-state index contributed by atoms with van der Waals surface area (Å²) in [4.78, 5) is 28.0. The van der Waals surface area contributed by atoms with Gasteiger partial charge in [0.25, 0.3) is 5.91 Å². The van der Waals surface area contributed by atoms with Crippen LogP contribution in [0.3, 0.4) is 0 Å². The number of carbonyl (C=O) groups is 2. The molecule has 0 spiro atoms. The highest BCUT2D eigenvalue weighted by Gasteiger charge is 2.35. The van der Waals surface area contributed by atoms with Gasteiger partial charge >= 0.3 is 6.03 Å². The lowest BCUT2D eigenvalue weighted by atomic mass is 9.84. The van der Waals surface area contributed by atoms with Crippen molar-refractivity contribution >= 4 is 28.6 Å². The lowest BCUT2D eigenvalue weighted by molar-refractivity contribution is 0.0607. The van der Waals surface area contributed by atoms with Crippen LogP contribution in [0.1, 0.15) is 44.2 Å². The molecular formula is C27H32N4O3. The van der Waals surface area contributed by atoms with Crippen LogP contribution in [0.2, 0.25) is 0 Å². The minimum atomic E-state index is -0.350. The van der Waals surface area contributed by atoms with E-state index in [-0.39, 0.29) is 23.5 Å². The van der Waals surface area contributed by atoms with Crippen molar-refractivity contribution in [3.05, 3.63) is 54.3 Å². The number of hydrogen-bond acceptors (Lipinski definition) is 4. The van der Waals surface area contributed by atoms with Gasteiger partial charge in [-0.25, -0.2) is 4.79 Å². The van der Waals surface area contributed by atoms with Crippen molar-refractivity contribution in [3.8, 4) is 11.1 Å².